The topological polar surface area (TPSA) is 26.9 Å². The van der Waals surface area contributed by atoms with Crippen molar-refractivity contribution in [2.45, 2.75) is 12.3 Å². The number of rotatable bonds is 8. The quantitative estimate of drug-likeness (QED) is 0.142. The fourth-order valence-electron chi connectivity index (χ4n) is 4.62. The van der Waals surface area contributed by atoms with Crippen molar-refractivity contribution >= 4 is 56.9 Å². The van der Waals surface area contributed by atoms with Crippen molar-refractivity contribution in [3.8, 4) is 0 Å². The Kier molecular flexibility index (Phi) is 7.84. The van der Waals surface area contributed by atoms with Crippen LogP contribution in [0.1, 0.15) is 11.4 Å². The minimum absolute atomic E-state index is 0.507. The predicted octanol–water partition coefficient (Wildman–Crippen LogP) is 5.58. The molecule has 1 heterocycles. The fraction of sp³-hybridized carbons (Fsp3) is 0.0645. The molecule has 5 aromatic rings. The molecule has 0 bridgehead atoms. The molecule has 0 unspecified atom stereocenters. The van der Waals surface area contributed by atoms with Crippen molar-refractivity contribution in [1.82, 2.24) is 0 Å². The van der Waals surface area contributed by atoms with Crippen molar-refractivity contribution in [1.29, 1.82) is 0 Å². The van der Waals surface area contributed by atoms with Gasteiger partial charge in [0.25, 0.3) is 0 Å². The Labute approximate surface area is 229 Å². The van der Waals surface area contributed by atoms with E-state index >= 15 is 0 Å². The minimum atomic E-state index is -2.26. The van der Waals surface area contributed by atoms with Crippen molar-refractivity contribution in [3.63, 3.8) is 0 Å². The van der Waals surface area contributed by atoms with Gasteiger partial charge in [0.1, 0.15) is 0 Å². The molecule has 0 aliphatic carbocycles. The number of aromatic nitrogens is 1. The van der Waals surface area contributed by atoms with Gasteiger partial charge in [-0.2, -0.15) is 4.73 Å². The van der Waals surface area contributed by atoms with E-state index in [1.165, 1.54) is 0 Å². The van der Waals surface area contributed by atoms with Crippen molar-refractivity contribution in [3.05, 3.63) is 156 Å². The van der Waals surface area contributed by atoms with E-state index in [1.54, 1.807) is 0 Å². The van der Waals surface area contributed by atoms with E-state index in [2.05, 4.69) is 48.5 Å². The molecule has 0 aliphatic rings. The summed E-state index contributed by atoms with van der Waals surface area (Å²) in [5, 5.41) is 18.4. The molecule has 0 amide bonds. The highest BCUT2D eigenvalue weighted by Crippen LogP contribution is 2.48. The second kappa shape index (κ2) is 11.3. The SMILES string of the molecule is [O-][n+]1c(CP(=S)(c2ccccc2)c2ccccc2)cccc1CP(=S)(c1ccccc1)c1ccccc1. The zero-order valence-corrected chi connectivity index (χ0v) is 23.7. The van der Waals surface area contributed by atoms with Gasteiger partial charge in [-0.05, 0) is 27.3 Å². The summed E-state index contributed by atoms with van der Waals surface area (Å²) in [6.45, 7) is 0. The first-order valence-corrected chi connectivity index (χ1v) is 18.1. The normalized spacial score (nSPS) is 11.8. The van der Waals surface area contributed by atoms with Crippen LogP contribution in [-0.2, 0) is 35.9 Å². The third-order valence-corrected chi connectivity index (χ3v) is 15.9. The number of benzene rings is 4. The highest BCUT2D eigenvalue weighted by Gasteiger charge is 2.30. The van der Waals surface area contributed by atoms with Crippen LogP contribution in [0.15, 0.2) is 140 Å². The van der Waals surface area contributed by atoms with Crippen LogP contribution in [0.3, 0.4) is 0 Å². The van der Waals surface area contributed by atoms with Crippen LogP contribution in [-0.4, -0.2) is 0 Å². The summed E-state index contributed by atoms with van der Waals surface area (Å²) in [5.41, 5.74) is 1.38. The van der Waals surface area contributed by atoms with Crippen LogP contribution in [0.25, 0.3) is 0 Å². The van der Waals surface area contributed by atoms with E-state index in [1.807, 2.05) is 91.0 Å². The third kappa shape index (κ3) is 5.40. The molecule has 0 fully saturated rings. The Morgan fingerprint density at radius 2 is 0.703 bits per heavy atom. The van der Waals surface area contributed by atoms with Crippen molar-refractivity contribution in [2.75, 3.05) is 0 Å². The maximum Gasteiger partial charge on any atom is 0.198 e. The number of nitrogens with zero attached hydrogens (tertiary/aromatic N) is 1. The maximum atomic E-state index is 13.9. The van der Waals surface area contributed by atoms with Crippen LogP contribution in [0.4, 0.5) is 0 Å². The van der Waals surface area contributed by atoms with Crippen molar-refractivity contribution in [2.24, 2.45) is 0 Å². The molecule has 2 nitrogen and oxygen atoms in total. The predicted molar refractivity (Wildman–Crippen MR) is 166 cm³/mol. The van der Waals surface area contributed by atoms with Gasteiger partial charge < -0.3 is 5.21 Å². The fourth-order valence-corrected chi connectivity index (χ4v) is 12.2. The summed E-state index contributed by atoms with van der Waals surface area (Å²) in [6, 6.07) is 42.2. The highest BCUT2D eigenvalue weighted by atomic mass is 32.4. The maximum absolute atomic E-state index is 13.9. The number of hydrogen-bond acceptors (Lipinski definition) is 3. The Balaban J connectivity index is 1.58. The molecule has 0 atom stereocenters. The first-order chi connectivity index (χ1) is 18.0. The molecule has 0 saturated carbocycles. The van der Waals surface area contributed by atoms with E-state index in [0.717, 1.165) is 25.9 Å². The summed E-state index contributed by atoms with van der Waals surface area (Å²) < 4.78 is 1.10. The Morgan fingerprint density at radius 1 is 0.432 bits per heavy atom. The molecular formula is C31H27NOP2S2. The summed E-state index contributed by atoms with van der Waals surface area (Å²) in [4.78, 5) is 0. The lowest BCUT2D eigenvalue weighted by Gasteiger charge is -2.25. The Bertz CT molecular complexity index is 1370. The first-order valence-electron chi connectivity index (χ1n) is 12.1. The molecular weight excluding hydrogens is 528 g/mol. The van der Waals surface area contributed by atoms with Gasteiger partial charge in [0.2, 0.25) is 0 Å². The van der Waals surface area contributed by atoms with E-state index in [9.17, 15) is 5.21 Å². The van der Waals surface area contributed by atoms with Gasteiger partial charge in [-0.15, -0.1) is 0 Å². The van der Waals surface area contributed by atoms with Crippen LogP contribution in [0.2, 0.25) is 0 Å². The van der Waals surface area contributed by atoms with Gasteiger partial charge in [-0.25, -0.2) is 0 Å². The van der Waals surface area contributed by atoms with Crippen molar-refractivity contribution < 1.29 is 4.73 Å². The molecule has 0 N–H and O–H groups in total. The molecule has 0 radical (unpaired) electrons. The molecule has 0 saturated heterocycles. The molecule has 184 valence electrons. The second-order valence-electron chi connectivity index (χ2n) is 8.94. The van der Waals surface area contributed by atoms with Crippen LogP contribution < -0.4 is 25.9 Å². The van der Waals surface area contributed by atoms with Gasteiger partial charge in [0, 0.05) is 24.2 Å². The molecule has 6 heteroatoms. The Hall–Kier alpha value is -2.87. The van der Waals surface area contributed by atoms with Crippen LogP contribution in [0.5, 0.6) is 0 Å². The smallest absolute Gasteiger partial charge is 0.198 e. The molecule has 0 aliphatic heterocycles. The average Bonchev–Trinajstić information content (AvgIpc) is 2.97. The summed E-state index contributed by atoms with van der Waals surface area (Å²) in [5.74, 6) is 0. The van der Waals surface area contributed by atoms with Gasteiger partial charge >= 0.3 is 0 Å². The molecule has 37 heavy (non-hydrogen) atoms. The molecule has 4 aromatic carbocycles. The number of pyridine rings is 1. The van der Waals surface area contributed by atoms with Crippen LogP contribution in [0, 0.1) is 5.21 Å². The monoisotopic (exact) mass is 555 g/mol. The third-order valence-electron chi connectivity index (χ3n) is 6.56. The molecule has 5 rings (SSSR count). The minimum Gasteiger partial charge on any atom is -0.618 e. The molecule has 0 spiro atoms. The zero-order valence-electron chi connectivity index (χ0n) is 20.3. The lowest BCUT2D eigenvalue weighted by atomic mass is 10.3. The lowest BCUT2D eigenvalue weighted by molar-refractivity contribution is -0.620. The summed E-state index contributed by atoms with van der Waals surface area (Å²) in [6.07, 6.45) is 1.01. The van der Waals surface area contributed by atoms with Gasteiger partial charge in [0.15, 0.2) is 11.4 Å². The standard InChI is InChI=1S/C31H27NOP2S2/c33-32-26(24-34(36,28-16-5-1-6-17-28)29-18-7-2-8-19-29)14-13-15-27(32)25-35(37,30-20-9-3-10-21-30)31-22-11-4-12-23-31/h1-23H,24-25H2. The Morgan fingerprint density at radius 3 is 0.973 bits per heavy atom. The molecule has 1 aromatic heterocycles. The van der Waals surface area contributed by atoms with E-state index in [-0.39, 0.29) is 0 Å². The van der Waals surface area contributed by atoms with Gasteiger partial charge in [-0.3, -0.25) is 0 Å². The van der Waals surface area contributed by atoms with Gasteiger partial charge in [0.05, 0.1) is 12.3 Å². The van der Waals surface area contributed by atoms with E-state index in [4.69, 9.17) is 23.6 Å². The van der Waals surface area contributed by atoms with Crippen LogP contribution >= 0.6 is 12.1 Å². The van der Waals surface area contributed by atoms with Gasteiger partial charge in [-0.1, -0.05) is 145 Å². The van der Waals surface area contributed by atoms with E-state index < -0.39 is 12.1 Å². The highest BCUT2D eigenvalue weighted by molar-refractivity contribution is 8.21. The van der Waals surface area contributed by atoms with E-state index in [0.29, 0.717) is 23.7 Å². The average molecular weight is 556 g/mol. The largest absolute Gasteiger partial charge is 0.618 e. The summed E-state index contributed by atoms with van der Waals surface area (Å²) >= 11 is 12.9. The first kappa shape index (κ1) is 25.8. The lowest BCUT2D eigenvalue weighted by Crippen LogP contribution is -2.38. The zero-order chi connectivity index (χ0) is 25.7. The second-order valence-corrected chi connectivity index (χ2v) is 18.3. The summed E-state index contributed by atoms with van der Waals surface area (Å²) in [7, 11) is 0. The number of hydrogen-bond donors (Lipinski definition) is 0.